The maximum absolute atomic E-state index is 6.16. The van der Waals surface area contributed by atoms with Gasteiger partial charge >= 0.3 is 0 Å². The maximum Gasteiger partial charge on any atom is 0.139 e. The zero-order valence-corrected chi connectivity index (χ0v) is 12.5. The van der Waals surface area contributed by atoms with Crippen LogP contribution in [0.15, 0.2) is 18.2 Å². The summed E-state index contributed by atoms with van der Waals surface area (Å²) in [7, 11) is 0. The lowest BCUT2D eigenvalue weighted by molar-refractivity contribution is 0.928. The molecule has 0 spiro atoms. The van der Waals surface area contributed by atoms with Gasteiger partial charge in [-0.3, -0.25) is 0 Å². The highest BCUT2D eigenvalue weighted by Gasteiger charge is 2.28. The highest BCUT2D eigenvalue weighted by molar-refractivity contribution is 6.39. The number of hydrogen-bond acceptors (Lipinski definition) is 4. The molecule has 0 aliphatic heterocycles. The van der Waals surface area contributed by atoms with Crippen molar-refractivity contribution in [3.8, 4) is 0 Å². The Labute approximate surface area is 127 Å². The van der Waals surface area contributed by atoms with Gasteiger partial charge in [-0.15, -0.1) is 0 Å². The molecular weight excluding hydrogens is 295 g/mol. The van der Waals surface area contributed by atoms with Gasteiger partial charge in [-0.05, 0) is 31.9 Å². The fourth-order valence-electron chi connectivity index (χ4n) is 1.93. The van der Waals surface area contributed by atoms with Crippen molar-refractivity contribution in [2.24, 2.45) is 0 Å². The van der Waals surface area contributed by atoms with E-state index in [-0.39, 0.29) is 0 Å². The molecule has 1 aliphatic rings. The molecule has 1 aliphatic carbocycles. The van der Waals surface area contributed by atoms with Gasteiger partial charge in [0.1, 0.15) is 17.5 Å². The van der Waals surface area contributed by atoms with E-state index >= 15 is 0 Å². The molecule has 4 nitrogen and oxygen atoms in total. The Bertz CT molecular complexity index is 648. The summed E-state index contributed by atoms with van der Waals surface area (Å²) in [5.74, 6) is 2.38. The zero-order chi connectivity index (χ0) is 14.3. The molecule has 2 aromatic rings. The van der Waals surface area contributed by atoms with Gasteiger partial charge in [0.2, 0.25) is 0 Å². The minimum atomic E-state index is 0.431. The summed E-state index contributed by atoms with van der Waals surface area (Å²) in [6, 6.07) is 5.35. The number of rotatable bonds is 3. The Morgan fingerprint density at radius 2 is 1.85 bits per heavy atom. The average molecular weight is 309 g/mol. The van der Waals surface area contributed by atoms with Crippen LogP contribution in [0, 0.1) is 6.92 Å². The van der Waals surface area contributed by atoms with E-state index in [4.69, 9.17) is 28.9 Å². The number of nitrogens with two attached hydrogens (primary N) is 1. The monoisotopic (exact) mass is 308 g/mol. The summed E-state index contributed by atoms with van der Waals surface area (Å²) >= 11 is 12.3. The second-order valence-electron chi connectivity index (χ2n) is 4.94. The van der Waals surface area contributed by atoms with E-state index in [1.165, 1.54) is 0 Å². The Balaban J connectivity index is 2.01. The average Bonchev–Trinajstić information content (AvgIpc) is 3.23. The second kappa shape index (κ2) is 5.11. The summed E-state index contributed by atoms with van der Waals surface area (Å²) in [5.41, 5.74) is 7.39. The minimum Gasteiger partial charge on any atom is -0.383 e. The molecular formula is C14H14Cl2N4. The van der Waals surface area contributed by atoms with Crippen LogP contribution in [-0.4, -0.2) is 9.97 Å². The predicted molar refractivity (Wildman–Crippen MR) is 82.9 cm³/mol. The Morgan fingerprint density at radius 3 is 2.45 bits per heavy atom. The number of hydrogen-bond donors (Lipinski definition) is 2. The lowest BCUT2D eigenvalue weighted by Crippen LogP contribution is -2.07. The fourth-order valence-corrected chi connectivity index (χ4v) is 2.43. The highest BCUT2D eigenvalue weighted by Crippen LogP contribution is 2.40. The molecule has 1 aromatic heterocycles. The van der Waals surface area contributed by atoms with Gasteiger partial charge in [0.15, 0.2) is 0 Å². The summed E-state index contributed by atoms with van der Waals surface area (Å²) in [4.78, 5) is 8.90. The summed E-state index contributed by atoms with van der Waals surface area (Å²) < 4.78 is 0. The molecule has 6 heteroatoms. The van der Waals surface area contributed by atoms with Crippen LogP contribution < -0.4 is 11.1 Å². The third kappa shape index (κ3) is 2.53. The summed E-state index contributed by atoms with van der Waals surface area (Å²) in [6.07, 6.45) is 2.24. The van der Waals surface area contributed by atoms with Crippen LogP contribution in [0.2, 0.25) is 10.0 Å². The van der Waals surface area contributed by atoms with Crippen LogP contribution in [0.5, 0.6) is 0 Å². The van der Waals surface area contributed by atoms with Gasteiger partial charge in [0.25, 0.3) is 0 Å². The van der Waals surface area contributed by atoms with Crippen molar-refractivity contribution in [3.63, 3.8) is 0 Å². The van der Waals surface area contributed by atoms with Crippen LogP contribution >= 0.6 is 23.2 Å². The van der Waals surface area contributed by atoms with Crippen LogP contribution in [0.1, 0.15) is 30.1 Å². The largest absolute Gasteiger partial charge is 0.383 e. The molecule has 0 atom stereocenters. The van der Waals surface area contributed by atoms with Crippen molar-refractivity contribution in [1.29, 1.82) is 0 Å². The smallest absolute Gasteiger partial charge is 0.139 e. The molecule has 3 N–H and O–H groups in total. The molecule has 0 amide bonds. The highest BCUT2D eigenvalue weighted by atomic mass is 35.5. The van der Waals surface area contributed by atoms with Gasteiger partial charge in [-0.2, -0.15) is 0 Å². The number of nitrogen functional groups attached to an aromatic ring is 1. The second-order valence-corrected chi connectivity index (χ2v) is 5.75. The molecule has 0 bridgehead atoms. The Morgan fingerprint density at radius 1 is 1.20 bits per heavy atom. The molecule has 0 unspecified atom stereocenters. The molecule has 0 saturated heterocycles. The molecule has 1 aromatic carbocycles. The van der Waals surface area contributed by atoms with Crippen molar-refractivity contribution < 1.29 is 0 Å². The van der Waals surface area contributed by atoms with Gasteiger partial charge in [-0.1, -0.05) is 29.3 Å². The number of nitrogens with zero attached hydrogens (tertiary/aromatic N) is 2. The van der Waals surface area contributed by atoms with E-state index in [0.29, 0.717) is 33.3 Å². The predicted octanol–water partition coefficient (Wildman–Crippen LogP) is 4.30. The molecule has 1 fully saturated rings. The quantitative estimate of drug-likeness (QED) is 0.887. The molecule has 3 rings (SSSR count). The minimum absolute atomic E-state index is 0.431. The molecule has 1 saturated carbocycles. The van der Waals surface area contributed by atoms with Crippen LogP contribution in [0.25, 0.3) is 0 Å². The first-order valence-electron chi connectivity index (χ1n) is 6.41. The lowest BCUT2D eigenvalue weighted by atomic mass is 10.2. The molecule has 104 valence electrons. The maximum atomic E-state index is 6.16. The molecule has 20 heavy (non-hydrogen) atoms. The number of aromatic nitrogens is 2. The number of para-hydroxylation sites is 1. The van der Waals surface area contributed by atoms with E-state index in [0.717, 1.165) is 24.2 Å². The van der Waals surface area contributed by atoms with Gasteiger partial charge < -0.3 is 11.1 Å². The Hall–Kier alpha value is -1.52. The number of anilines is 3. The van der Waals surface area contributed by atoms with E-state index in [9.17, 15) is 0 Å². The first-order valence-corrected chi connectivity index (χ1v) is 7.17. The lowest BCUT2D eigenvalue weighted by Gasteiger charge is -2.14. The van der Waals surface area contributed by atoms with Crippen LogP contribution in [-0.2, 0) is 0 Å². The standard InChI is InChI=1S/C14H14Cl2N4/c1-7-12(17)19-14(8-5-6-8)20-13(7)18-11-9(15)3-2-4-10(11)16/h2-4,8H,5-6H2,1H3,(H3,17,18,19,20). The third-order valence-corrected chi connectivity index (χ3v) is 3.98. The van der Waals surface area contributed by atoms with E-state index in [1.807, 2.05) is 6.92 Å². The normalized spacial score (nSPS) is 14.3. The zero-order valence-electron chi connectivity index (χ0n) is 11.0. The SMILES string of the molecule is Cc1c(N)nc(C2CC2)nc1Nc1c(Cl)cccc1Cl. The Kier molecular flexibility index (Phi) is 3.44. The summed E-state index contributed by atoms with van der Waals surface area (Å²) in [6.45, 7) is 1.87. The van der Waals surface area contributed by atoms with E-state index in [1.54, 1.807) is 18.2 Å². The summed E-state index contributed by atoms with van der Waals surface area (Å²) in [5, 5.41) is 4.26. The van der Waals surface area contributed by atoms with E-state index < -0.39 is 0 Å². The number of nitrogens with one attached hydrogen (secondary N) is 1. The fraction of sp³-hybridized carbons (Fsp3) is 0.286. The third-order valence-electron chi connectivity index (χ3n) is 3.35. The topological polar surface area (TPSA) is 63.8 Å². The van der Waals surface area contributed by atoms with Gasteiger partial charge in [0, 0.05) is 11.5 Å². The van der Waals surface area contributed by atoms with Crippen molar-refractivity contribution >= 4 is 40.5 Å². The number of benzene rings is 1. The first-order chi connectivity index (χ1) is 9.56. The van der Waals surface area contributed by atoms with Crippen LogP contribution in [0.4, 0.5) is 17.3 Å². The van der Waals surface area contributed by atoms with Crippen molar-refractivity contribution in [2.45, 2.75) is 25.7 Å². The number of halogens is 2. The molecule has 0 radical (unpaired) electrons. The van der Waals surface area contributed by atoms with Crippen molar-refractivity contribution in [2.75, 3.05) is 11.1 Å². The van der Waals surface area contributed by atoms with E-state index in [2.05, 4.69) is 15.3 Å². The first kappa shape index (κ1) is 13.5. The van der Waals surface area contributed by atoms with Gasteiger partial charge in [0.05, 0.1) is 15.7 Å². The van der Waals surface area contributed by atoms with Crippen LogP contribution in [0.3, 0.4) is 0 Å². The van der Waals surface area contributed by atoms with Crippen molar-refractivity contribution in [3.05, 3.63) is 39.6 Å². The van der Waals surface area contributed by atoms with Gasteiger partial charge in [-0.25, -0.2) is 9.97 Å². The molecule has 1 heterocycles. The van der Waals surface area contributed by atoms with Crippen molar-refractivity contribution in [1.82, 2.24) is 9.97 Å².